The first kappa shape index (κ1) is 15.0. The smallest absolute Gasteiger partial charge is 0.267 e. The maximum Gasteiger partial charge on any atom is 0.267 e. The van der Waals surface area contributed by atoms with Crippen LogP contribution in [-0.2, 0) is 4.79 Å². The maximum absolute atomic E-state index is 13.0. The van der Waals surface area contributed by atoms with Gasteiger partial charge in [0.15, 0.2) is 6.61 Å². The lowest BCUT2D eigenvalue weighted by molar-refractivity contribution is -0.133. The third kappa shape index (κ3) is 4.27. The van der Waals surface area contributed by atoms with Crippen molar-refractivity contribution < 1.29 is 18.3 Å². The van der Waals surface area contributed by atoms with Crippen molar-refractivity contribution in [3.63, 3.8) is 0 Å². The van der Waals surface area contributed by atoms with Crippen molar-refractivity contribution in [2.75, 3.05) is 19.7 Å². The number of benzene rings is 1. The van der Waals surface area contributed by atoms with Crippen LogP contribution < -0.4 is 4.74 Å². The first-order valence-corrected chi connectivity index (χ1v) is 7.47. The second-order valence-electron chi connectivity index (χ2n) is 4.32. The number of halogens is 4. The molecule has 1 aromatic rings. The first-order chi connectivity index (χ1) is 8.85. The molecule has 1 saturated heterocycles. The second kappa shape index (κ2) is 5.90. The van der Waals surface area contributed by atoms with Crippen LogP contribution in [0.2, 0.25) is 0 Å². The SMILES string of the molecule is O=C(COc1cc(Br)cc(I)c1)N1CCC(F)(F)C1. The molecular formula is C12H11BrF2INO2. The van der Waals surface area contributed by atoms with Crippen LogP contribution in [0.25, 0.3) is 0 Å². The van der Waals surface area contributed by atoms with Crippen molar-refractivity contribution in [2.24, 2.45) is 0 Å². The normalized spacial score (nSPS) is 17.6. The Kier molecular flexibility index (Phi) is 4.65. The molecule has 0 aliphatic carbocycles. The van der Waals surface area contributed by atoms with Crippen molar-refractivity contribution in [3.8, 4) is 5.75 Å². The molecule has 2 rings (SSSR count). The summed E-state index contributed by atoms with van der Waals surface area (Å²) in [6.07, 6.45) is -0.270. The van der Waals surface area contributed by atoms with E-state index in [2.05, 4.69) is 38.5 Å². The van der Waals surface area contributed by atoms with E-state index in [0.717, 1.165) is 12.9 Å². The van der Waals surface area contributed by atoms with Gasteiger partial charge in [0, 0.05) is 21.0 Å². The summed E-state index contributed by atoms with van der Waals surface area (Å²) < 4.78 is 33.1. The van der Waals surface area contributed by atoms with Crippen LogP contribution in [0.3, 0.4) is 0 Å². The van der Waals surface area contributed by atoms with Crippen LogP contribution in [0.5, 0.6) is 5.75 Å². The van der Waals surface area contributed by atoms with Crippen LogP contribution in [0, 0.1) is 3.57 Å². The predicted molar refractivity (Wildman–Crippen MR) is 78.5 cm³/mol. The fourth-order valence-corrected chi connectivity index (χ4v) is 3.34. The third-order valence-electron chi connectivity index (χ3n) is 2.72. The molecular weight excluding hydrogens is 435 g/mol. The zero-order chi connectivity index (χ0) is 14.0. The van der Waals surface area contributed by atoms with Gasteiger partial charge in [-0.2, -0.15) is 0 Å². The standard InChI is InChI=1S/C12H11BrF2INO2/c13-8-3-9(16)5-10(4-8)19-6-11(18)17-2-1-12(14,15)7-17/h3-5H,1-2,6-7H2. The molecule has 1 aliphatic rings. The fourth-order valence-electron chi connectivity index (χ4n) is 1.80. The van der Waals surface area contributed by atoms with Gasteiger partial charge in [0.2, 0.25) is 0 Å². The fraction of sp³-hybridized carbons (Fsp3) is 0.417. The Bertz CT molecular complexity index is 478. The van der Waals surface area contributed by atoms with Gasteiger partial charge in [-0.25, -0.2) is 8.78 Å². The summed E-state index contributed by atoms with van der Waals surface area (Å²) in [5.41, 5.74) is 0. The maximum atomic E-state index is 13.0. The second-order valence-corrected chi connectivity index (χ2v) is 6.48. The molecule has 0 atom stereocenters. The van der Waals surface area contributed by atoms with Crippen LogP contribution in [0.1, 0.15) is 6.42 Å². The number of nitrogens with zero attached hydrogens (tertiary/aromatic N) is 1. The lowest BCUT2D eigenvalue weighted by atomic mass is 10.3. The minimum Gasteiger partial charge on any atom is -0.484 e. The summed E-state index contributed by atoms with van der Waals surface area (Å²) in [6, 6.07) is 5.40. The van der Waals surface area contributed by atoms with Crippen LogP contribution >= 0.6 is 38.5 Å². The largest absolute Gasteiger partial charge is 0.484 e. The minimum absolute atomic E-state index is 0.0885. The molecule has 1 fully saturated rings. The van der Waals surface area contributed by atoms with E-state index < -0.39 is 18.4 Å². The number of alkyl halides is 2. The van der Waals surface area contributed by atoms with Gasteiger partial charge in [-0.05, 0) is 40.8 Å². The van der Waals surface area contributed by atoms with E-state index in [1.165, 1.54) is 0 Å². The van der Waals surface area contributed by atoms with Crippen molar-refractivity contribution in [3.05, 3.63) is 26.2 Å². The minimum atomic E-state index is -2.76. The van der Waals surface area contributed by atoms with Crippen LogP contribution in [0.4, 0.5) is 8.78 Å². The topological polar surface area (TPSA) is 29.5 Å². The molecule has 0 N–H and O–H groups in total. The molecule has 19 heavy (non-hydrogen) atoms. The summed E-state index contributed by atoms with van der Waals surface area (Å²) in [5.74, 6) is -2.63. The van der Waals surface area contributed by atoms with Crippen LogP contribution in [0.15, 0.2) is 22.7 Å². The van der Waals surface area contributed by atoms with E-state index in [0.29, 0.717) is 5.75 Å². The molecule has 0 unspecified atom stereocenters. The van der Waals surface area contributed by atoms with Crippen LogP contribution in [-0.4, -0.2) is 36.4 Å². The summed E-state index contributed by atoms with van der Waals surface area (Å²) in [5, 5.41) is 0. The molecule has 0 saturated carbocycles. The molecule has 1 amide bonds. The molecule has 1 aliphatic heterocycles. The summed E-state index contributed by atoms with van der Waals surface area (Å²) in [7, 11) is 0. The Hall–Kier alpha value is -0.440. The molecule has 0 spiro atoms. The van der Waals surface area contributed by atoms with Gasteiger partial charge in [-0.1, -0.05) is 15.9 Å². The predicted octanol–water partition coefficient (Wildman–Crippen LogP) is 3.30. The molecule has 7 heteroatoms. The van der Waals surface area contributed by atoms with E-state index in [4.69, 9.17) is 4.74 Å². The van der Waals surface area contributed by atoms with E-state index >= 15 is 0 Å². The Morgan fingerprint density at radius 3 is 2.79 bits per heavy atom. The van der Waals surface area contributed by atoms with E-state index in [1.54, 1.807) is 12.1 Å². The van der Waals surface area contributed by atoms with E-state index in [9.17, 15) is 13.6 Å². The number of carbonyl (C=O) groups is 1. The number of rotatable bonds is 3. The molecule has 0 aromatic heterocycles. The summed E-state index contributed by atoms with van der Waals surface area (Å²) in [4.78, 5) is 12.9. The van der Waals surface area contributed by atoms with Gasteiger partial charge in [-0.15, -0.1) is 0 Å². The zero-order valence-corrected chi connectivity index (χ0v) is 13.6. The monoisotopic (exact) mass is 445 g/mol. The van der Waals surface area contributed by atoms with Gasteiger partial charge < -0.3 is 9.64 Å². The Morgan fingerprint density at radius 1 is 1.47 bits per heavy atom. The number of likely N-dealkylation sites (tertiary alicyclic amines) is 1. The molecule has 0 radical (unpaired) electrons. The van der Waals surface area contributed by atoms with Crippen molar-refractivity contribution in [1.29, 1.82) is 0 Å². The van der Waals surface area contributed by atoms with Gasteiger partial charge in [0.25, 0.3) is 11.8 Å². The third-order valence-corrected chi connectivity index (χ3v) is 3.80. The number of hydrogen-bond donors (Lipinski definition) is 0. The number of hydrogen-bond acceptors (Lipinski definition) is 2. The van der Waals surface area contributed by atoms with Gasteiger partial charge in [-0.3, -0.25) is 4.79 Å². The summed E-state index contributed by atoms with van der Waals surface area (Å²) >= 11 is 5.45. The van der Waals surface area contributed by atoms with Gasteiger partial charge >= 0.3 is 0 Å². The Balaban J connectivity index is 1.90. The van der Waals surface area contributed by atoms with Gasteiger partial charge in [0.1, 0.15) is 5.75 Å². The average molecular weight is 446 g/mol. The molecule has 1 heterocycles. The lowest BCUT2D eigenvalue weighted by Gasteiger charge is -2.16. The van der Waals surface area contributed by atoms with Crippen molar-refractivity contribution in [2.45, 2.75) is 12.3 Å². The average Bonchev–Trinajstić information content (AvgIpc) is 2.65. The Labute approximate surface area is 131 Å². The first-order valence-electron chi connectivity index (χ1n) is 5.60. The van der Waals surface area contributed by atoms with Crippen molar-refractivity contribution in [1.82, 2.24) is 4.90 Å². The highest BCUT2D eigenvalue weighted by atomic mass is 127. The summed E-state index contributed by atoms with van der Waals surface area (Å²) in [6.45, 7) is -0.640. The Morgan fingerprint density at radius 2 is 2.21 bits per heavy atom. The zero-order valence-electron chi connectivity index (χ0n) is 9.84. The number of amides is 1. The number of ether oxygens (including phenoxy) is 1. The highest BCUT2D eigenvalue weighted by Gasteiger charge is 2.40. The van der Waals surface area contributed by atoms with Crippen molar-refractivity contribution >= 4 is 44.4 Å². The quantitative estimate of drug-likeness (QED) is 0.668. The highest BCUT2D eigenvalue weighted by molar-refractivity contribution is 14.1. The lowest BCUT2D eigenvalue weighted by Crippen LogP contribution is -2.34. The molecule has 1 aromatic carbocycles. The van der Waals surface area contributed by atoms with E-state index in [1.807, 2.05) is 6.07 Å². The number of carbonyl (C=O) groups excluding carboxylic acids is 1. The molecule has 3 nitrogen and oxygen atoms in total. The molecule has 0 bridgehead atoms. The van der Waals surface area contributed by atoms with E-state index in [-0.39, 0.29) is 19.6 Å². The molecule has 104 valence electrons. The van der Waals surface area contributed by atoms with Gasteiger partial charge in [0.05, 0.1) is 6.54 Å². The highest BCUT2D eigenvalue weighted by Crippen LogP contribution is 2.27.